The lowest BCUT2D eigenvalue weighted by atomic mass is 10.3. The maximum atomic E-state index is 11.7. The number of anilines is 2. The Morgan fingerprint density at radius 3 is 2.50 bits per heavy atom. The summed E-state index contributed by atoms with van der Waals surface area (Å²) in [7, 11) is 1.59. The fourth-order valence-electron chi connectivity index (χ4n) is 1.63. The van der Waals surface area contributed by atoms with E-state index in [0.717, 1.165) is 5.75 Å². The molecule has 0 unspecified atom stereocenters. The first-order valence-electron chi connectivity index (χ1n) is 6.09. The monoisotopic (exact) mass is 272 g/mol. The lowest BCUT2D eigenvalue weighted by Crippen LogP contribution is -2.20. The lowest BCUT2D eigenvalue weighted by molar-refractivity contribution is -0.118. The zero-order valence-electron chi connectivity index (χ0n) is 11.1. The number of amides is 1. The lowest BCUT2D eigenvalue weighted by Gasteiger charge is -2.08. The minimum atomic E-state index is -0.244. The predicted molar refractivity (Wildman–Crippen MR) is 78.0 cm³/mol. The summed E-state index contributed by atoms with van der Waals surface area (Å²) in [6.07, 6.45) is 0. The predicted octanol–water partition coefficient (Wildman–Crippen LogP) is 2.29. The summed E-state index contributed by atoms with van der Waals surface area (Å²) in [5.74, 6) is 1.10. The molecule has 0 aliphatic carbocycles. The van der Waals surface area contributed by atoms with Crippen LogP contribution >= 0.6 is 0 Å². The van der Waals surface area contributed by atoms with Crippen LogP contribution in [-0.2, 0) is 4.79 Å². The highest BCUT2D eigenvalue weighted by molar-refractivity contribution is 5.92. The number of carbonyl (C=O) groups is 1. The molecule has 3 N–H and O–H groups in total. The van der Waals surface area contributed by atoms with Crippen LogP contribution in [0.4, 0.5) is 11.4 Å². The molecule has 0 bridgehead atoms. The van der Waals surface area contributed by atoms with Gasteiger partial charge in [0.15, 0.2) is 6.61 Å². The van der Waals surface area contributed by atoms with E-state index in [4.69, 9.17) is 15.2 Å². The van der Waals surface area contributed by atoms with E-state index in [-0.39, 0.29) is 12.5 Å². The maximum absolute atomic E-state index is 11.7. The summed E-state index contributed by atoms with van der Waals surface area (Å²) in [5.41, 5.74) is 6.88. The van der Waals surface area contributed by atoms with E-state index >= 15 is 0 Å². The molecule has 2 aromatic carbocycles. The van der Waals surface area contributed by atoms with Crippen LogP contribution in [0, 0.1) is 0 Å². The smallest absolute Gasteiger partial charge is 0.262 e. The number of nitrogens with two attached hydrogens (primary N) is 1. The van der Waals surface area contributed by atoms with E-state index in [9.17, 15) is 4.79 Å². The molecule has 0 spiro atoms. The SMILES string of the molecule is COc1ccc(OCC(=O)Nc2cccc(N)c2)cc1. The molecule has 0 heterocycles. The largest absolute Gasteiger partial charge is 0.497 e. The first-order valence-corrected chi connectivity index (χ1v) is 6.09. The number of methoxy groups -OCH3 is 1. The van der Waals surface area contributed by atoms with Crippen LogP contribution < -0.4 is 20.5 Å². The van der Waals surface area contributed by atoms with Crippen LogP contribution in [0.25, 0.3) is 0 Å². The molecule has 0 aromatic heterocycles. The van der Waals surface area contributed by atoms with Crippen LogP contribution in [0.5, 0.6) is 11.5 Å². The van der Waals surface area contributed by atoms with Crippen molar-refractivity contribution >= 4 is 17.3 Å². The van der Waals surface area contributed by atoms with Gasteiger partial charge in [-0.15, -0.1) is 0 Å². The third-order valence-corrected chi connectivity index (χ3v) is 2.60. The molecule has 20 heavy (non-hydrogen) atoms. The van der Waals surface area contributed by atoms with Gasteiger partial charge in [-0.1, -0.05) is 6.07 Å². The second-order valence-corrected chi connectivity index (χ2v) is 4.14. The van der Waals surface area contributed by atoms with Gasteiger partial charge in [0.25, 0.3) is 5.91 Å². The molecule has 0 fully saturated rings. The second kappa shape index (κ2) is 6.47. The van der Waals surface area contributed by atoms with E-state index in [0.29, 0.717) is 17.1 Å². The van der Waals surface area contributed by atoms with Crippen molar-refractivity contribution in [3.63, 3.8) is 0 Å². The summed E-state index contributed by atoms with van der Waals surface area (Å²) >= 11 is 0. The molecule has 1 amide bonds. The zero-order valence-corrected chi connectivity index (χ0v) is 11.1. The van der Waals surface area contributed by atoms with Crippen molar-refractivity contribution in [2.45, 2.75) is 0 Å². The van der Waals surface area contributed by atoms with E-state index in [1.165, 1.54) is 0 Å². The van der Waals surface area contributed by atoms with Gasteiger partial charge in [-0.2, -0.15) is 0 Å². The number of hydrogen-bond acceptors (Lipinski definition) is 4. The standard InChI is InChI=1S/C15H16N2O3/c1-19-13-5-7-14(8-6-13)20-10-15(18)17-12-4-2-3-11(16)9-12/h2-9H,10,16H2,1H3,(H,17,18). The second-order valence-electron chi connectivity index (χ2n) is 4.14. The number of ether oxygens (including phenoxy) is 2. The Morgan fingerprint density at radius 1 is 1.15 bits per heavy atom. The third kappa shape index (κ3) is 3.91. The van der Waals surface area contributed by atoms with Gasteiger partial charge in [0, 0.05) is 11.4 Å². The van der Waals surface area contributed by atoms with Crippen molar-refractivity contribution in [2.24, 2.45) is 0 Å². The normalized spacial score (nSPS) is 9.85. The van der Waals surface area contributed by atoms with E-state index in [1.54, 1.807) is 55.6 Å². The first-order chi connectivity index (χ1) is 9.67. The molecule has 2 rings (SSSR count). The van der Waals surface area contributed by atoms with Gasteiger partial charge in [0.1, 0.15) is 11.5 Å². The Hall–Kier alpha value is -2.69. The Kier molecular flexibility index (Phi) is 4.44. The number of hydrogen-bond donors (Lipinski definition) is 2. The fourth-order valence-corrected chi connectivity index (χ4v) is 1.63. The van der Waals surface area contributed by atoms with E-state index < -0.39 is 0 Å². The van der Waals surface area contributed by atoms with Gasteiger partial charge in [-0.3, -0.25) is 4.79 Å². The van der Waals surface area contributed by atoms with Gasteiger partial charge in [-0.25, -0.2) is 0 Å². The molecule has 2 aromatic rings. The van der Waals surface area contributed by atoms with Crippen LogP contribution in [0.3, 0.4) is 0 Å². The molecule has 0 aliphatic heterocycles. The summed E-state index contributed by atoms with van der Waals surface area (Å²) in [5, 5.41) is 2.71. The van der Waals surface area contributed by atoms with Crippen LogP contribution in [-0.4, -0.2) is 19.6 Å². The van der Waals surface area contributed by atoms with Crippen molar-refractivity contribution in [3.05, 3.63) is 48.5 Å². The topological polar surface area (TPSA) is 73.6 Å². The van der Waals surface area contributed by atoms with Crippen LogP contribution in [0.15, 0.2) is 48.5 Å². The van der Waals surface area contributed by atoms with Crippen LogP contribution in [0.2, 0.25) is 0 Å². The van der Waals surface area contributed by atoms with Gasteiger partial charge in [0.2, 0.25) is 0 Å². The highest BCUT2D eigenvalue weighted by Crippen LogP contribution is 2.17. The summed E-state index contributed by atoms with van der Waals surface area (Å²) < 4.78 is 10.4. The Morgan fingerprint density at radius 2 is 1.85 bits per heavy atom. The molecular formula is C15H16N2O3. The Labute approximate surface area is 117 Å². The Bertz CT molecular complexity index is 582. The van der Waals surface area contributed by atoms with E-state index in [1.807, 2.05) is 0 Å². The Balaban J connectivity index is 1.85. The quantitative estimate of drug-likeness (QED) is 0.819. The number of nitrogen functional groups attached to an aromatic ring is 1. The van der Waals surface area contributed by atoms with Crippen molar-refractivity contribution in [3.8, 4) is 11.5 Å². The maximum Gasteiger partial charge on any atom is 0.262 e. The fraction of sp³-hybridized carbons (Fsp3) is 0.133. The van der Waals surface area contributed by atoms with E-state index in [2.05, 4.69) is 5.32 Å². The zero-order chi connectivity index (χ0) is 14.4. The van der Waals surface area contributed by atoms with Gasteiger partial charge >= 0.3 is 0 Å². The number of rotatable bonds is 5. The molecule has 0 saturated carbocycles. The van der Waals surface area contributed by atoms with Crippen molar-refractivity contribution in [2.75, 3.05) is 24.8 Å². The summed E-state index contributed by atoms with van der Waals surface area (Å²) in [6.45, 7) is -0.0683. The number of benzene rings is 2. The van der Waals surface area contributed by atoms with Gasteiger partial charge in [0.05, 0.1) is 7.11 Å². The molecule has 5 nitrogen and oxygen atoms in total. The third-order valence-electron chi connectivity index (χ3n) is 2.60. The molecule has 0 atom stereocenters. The highest BCUT2D eigenvalue weighted by atomic mass is 16.5. The average molecular weight is 272 g/mol. The minimum absolute atomic E-state index is 0.0683. The van der Waals surface area contributed by atoms with Crippen molar-refractivity contribution in [1.29, 1.82) is 0 Å². The molecule has 0 aliphatic rings. The summed E-state index contributed by atoms with van der Waals surface area (Å²) in [6, 6.07) is 14.0. The number of nitrogens with one attached hydrogen (secondary N) is 1. The number of carbonyl (C=O) groups excluding carboxylic acids is 1. The summed E-state index contributed by atoms with van der Waals surface area (Å²) in [4.78, 5) is 11.7. The molecule has 104 valence electrons. The first kappa shape index (κ1) is 13.7. The molecule has 0 saturated heterocycles. The van der Waals surface area contributed by atoms with Crippen LogP contribution in [0.1, 0.15) is 0 Å². The van der Waals surface area contributed by atoms with Crippen molar-refractivity contribution < 1.29 is 14.3 Å². The molecule has 5 heteroatoms. The molecular weight excluding hydrogens is 256 g/mol. The minimum Gasteiger partial charge on any atom is -0.497 e. The molecule has 0 radical (unpaired) electrons. The van der Waals surface area contributed by atoms with Crippen molar-refractivity contribution in [1.82, 2.24) is 0 Å². The highest BCUT2D eigenvalue weighted by Gasteiger charge is 2.04. The average Bonchev–Trinajstić information content (AvgIpc) is 2.46. The van der Waals surface area contributed by atoms with Gasteiger partial charge < -0.3 is 20.5 Å². The van der Waals surface area contributed by atoms with Gasteiger partial charge in [-0.05, 0) is 42.5 Å².